The van der Waals surface area contributed by atoms with Gasteiger partial charge in [-0.25, -0.2) is 0 Å². The molecule has 0 aromatic heterocycles. The van der Waals surface area contributed by atoms with Crippen LogP contribution in [0.4, 0.5) is 0 Å². The van der Waals surface area contributed by atoms with Crippen molar-refractivity contribution < 1.29 is 8.85 Å². The molecule has 0 aromatic rings. The molecule has 0 amide bonds. The van der Waals surface area contributed by atoms with E-state index in [0.29, 0.717) is 0 Å². The molecule has 0 bridgehead atoms. The second-order valence-corrected chi connectivity index (χ2v) is 28.1. The van der Waals surface area contributed by atoms with Gasteiger partial charge in [-0.05, 0) is 42.7 Å². The minimum Gasteiger partial charge on any atom is -0.411 e. The largest absolute Gasteiger partial charge is 0.411 e. The Hall–Kier alpha value is -0.389. The number of allylic oxidation sites excluding steroid dienone is 3. The summed E-state index contributed by atoms with van der Waals surface area (Å²) in [5.41, 5.74) is 3.43. The molecule has 0 aliphatic rings. The lowest BCUT2D eigenvalue weighted by Gasteiger charge is -2.44. The zero-order chi connectivity index (χ0) is 26.8. The van der Waals surface area contributed by atoms with E-state index in [1.54, 1.807) is 0 Å². The summed E-state index contributed by atoms with van der Waals surface area (Å²) >= 11 is 0. The molecule has 5 heteroatoms. The Bertz CT molecular complexity index is 705. The summed E-state index contributed by atoms with van der Waals surface area (Å²) in [5.74, 6) is 3.32. The Morgan fingerprint density at radius 1 is 0.765 bits per heavy atom. The zero-order valence-corrected chi connectivity index (χ0v) is 28.3. The maximum atomic E-state index is 7.05. The van der Waals surface area contributed by atoms with Gasteiger partial charge in [-0.3, -0.25) is 0 Å². The van der Waals surface area contributed by atoms with E-state index >= 15 is 0 Å². The monoisotopic (exact) mass is 522 g/mol. The molecular formula is C29H58O2Si3. The summed E-state index contributed by atoms with van der Waals surface area (Å²) in [7, 11) is -5.18. The topological polar surface area (TPSA) is 18.5 Å². The maximum Gasteiger partial charge on any atom is 0.193 e. The van der Waals surface area contributed by atoms with Crippen molar-refractivity contribution in [3.05, 3.63) is 24.3 Å². The van der Waals surface area contributed by atoms with Crippen LogP contribution in [0.2, 0.25) is 55.9 Å². The molecule has 0 saturated carbocycles. The zero-order valence-electron chi connectivity index (χ0n) is 25.3. The van der Waals surface area contributed by atoms with Gasteiger partial charge in [0.25, 0.3) is 0 Å². The van der Waals surface area contributed by atoms with Crippen LogP contribution in [0.1, 0.15) is 80.6 Å². The fourth-order valence-corrected chi connectivity index (χ4v) is 6.15. The number of hydrogen-bond donors (Lipinski definition) is 0. The Kier molecular flexibility index (Phi) is 13.6. The van der Waals surface area contributed by atoms with E-state index in [0.717, 1.165) is 12.8 Å². The van der Waals surface area contributed by atoms with E-state index in [1.165, 1.54) is 19.3 Å². The van der Waals surface area contributed by atoms with Gasteiger partial charge >= 0.3 is 0 Å². The molecule has 0 N–H and O–H groups in total. The van der Waals surface area contributed by atoms with Gasteiger partial charge in [0, 0.05) is 6.42 Å². The maximum absolute atomic E-state index is 7.05. The molecule has 0 aliphatic carbocycles. The summed E-state index contributed by atoms with van der Waals surface area (Å²) in [4.78, 5) is 0. The third-order valence-electron chi connectivity index (χ3n) is 7.18. The van der Waals surface area contributed by atoms with E-state index < -0.39 is 24.7 Å². The van der Waals surface area contributed by atoms with Gasteiger partial charge < -0.3 is 8.85 Å². The van der Waals surface area contributed by atoms with Gasteiger partial charge in [-0.1, -0.05) is 112 Å². The fraction of sp³-hybridized carbons (Fsp3) is 0.793. The average Bonchev–Trinajstić information content (AvgIpc) is 2.62. The van der Waals surface area contributed by atoms with Gasteiger partial charge in [0.15, 0.2) is 16.6 Å². The summed E-state index contributed by atoms with van der Waals surface area (Å²) in [6.07, 6.45) is 14.3. The van der Waals surface area contributed by atoms with Crippen LogP contribution < -0.4 is 0 Å². The number of rotatable bonds is 12. The second-order valence-electron chi connectivity index (χ2n) is 13.8. The molecular weight excluding hydrogens is 465 g/mol. The van der Waals surface area contributed by atoms with Crippen molar-refractivity contribution in [3.8, 4) is 11.5 Å². The van der Waals surface area contributed by atoms with Crippen molar-refractivity contribution in [1.29, 1.82) is 0 Å². The lowest BCUT2D eigenvalue weighted by Crippen LogP contribution is -2.51. The first-order chi connectivity index (χ1) is 15.2. The molecule has 0 aromatic carbocycles. The van der Waals surface area contributed by atoms with Crippen LogP contribution in [-0.4, -0.2) is 36.9 Å². The van der Waals surface area contributed by atoms with Crippen LogP contribution in [0.3, 0.4) is 0 Å². The molecule has 2 nitrogen and oxygen atoms in total. The highest BCUT2D eigenvalue weighted by Crippen LogP contribution is 2.41. The molecule has 0 heterocycles. The van der Waals surface area contributed by atoms with E-state index in [9.17, 15) is 0 Å². The highest BCUT2D eigenvalue weighted by atomic mass is 28.4. The first-order valence-corrected chi connectivity index (χ1v) is 22.7. The summed E-state index contributed by atoms with van der Waals surface area (Å²) in [6, 6.07) is 0. The smallest absolute Gasteiger partial charge is 0.193 e. The molecule has 0 saturated heterocycles. The molecule has 0 aliphatic heterocycles. The molecule has 0 rings (SSSR count). The number of unbranched alkanes of at least 4 members (excludes halogenated alkanes) is 2. The lowest BCUT2D eigenvalue weighted by molar-refractivity contribution is 0.0559. The molecule has 34 heavy (non-hydrogen) atoms. The van der Waals surface area contributed by atoms with Gasteiger partial charge in [-0.15, -0.1) is 11.5 Å². The van der Waals surface area contributed by atoms with E-state index in [1.807, 2.05) is 0 Å². The van der Waals surface area contributed by atoms with Crippen LogP contribution in [0.15, 0.2) is 24.3 Å². The van der Waals surface area contributed by atoms with Crippen LogP contribution in [0.5, 0.6) is 0 Å². The fourth-order valence-electron chi connectivity index (χ4n) is 2.89. The molecule has 0 radical (unpaired) electrons. The first-order valence-electron chi connectivity index (χ1n) is 13.4. The van der Waals surface area contributed by atoms with Crippen molar-refractivity contribution >= 4 is 24.7 Å². The molecule has 0 fully saturated rings. The van der Waals surface area contributed by atoms with Crippen LogP contribution in [-0.2, 0) is 8.85 Å². The predicted octanol–water partition coefficient (Wildman–Crippen LogP) is 9.73. The molecule has 198 valence electrons. The highest BCUT2D eigenvalue weighted by molar-refractivity contribution is 6.83. The first kappa shape index (κ1) is 33.6. The normalized spacial score (nSPS) is 16.1. The van der Waals surface area contributed by atoms with E-state index in [4.69, 9.17) is 8.85 Å². The molecule has 2 atom stereocenters. The highest BCUT2D eigenvalue weighted by Gasteiger charge is 2.43. The predicted molar refractivity (Wildman–Crippen MR) is 162 cm³/mol. The van der Waals surface area contributed by atoms with Gasteiger partial charge in [-0.2, -0.15) is 0 Å². The summed E-state index contributed by atoms with van der Waals surface area (Å²) in [5, 5.41) is 0.336. The van der Waals surface area contributed by atoms with Crippen molar-refractivity contribution in [1.82, 2.24) is 0 Å². The van der Waals surface area contributed by atoms with Crippen molar-refractivity contribution in [2.45, 2.75) is 149 Å². The quantitative estimate of drug-likeness (QED) is 0.110. The van der Waals surface area contributed by atoms with E-state index in [-0.39, 0.29) is 22.3 Å². The van der Waals surface area contributed by atoms with Gasteiger partial charge in [0.1, 0.15) is 8.07 Å². The van der Waals surface area contributed by atoms with Gasteiger partial charge in [0.05, 0.1) is 12.2 Å². The standard InChI is InChI=1S/C29H58O2Si3/c1-15-16-20-23-26(30-33(11,12)28(2,3)4)27(31-34(13,14)29(5,6)7)24-21-18-17-19-22-25-32(8,9)10/h17-18,21,24,26-27H,15-16,19-20,23H2,1-14H3/b18-17+,24-21-/t26-,27+/m0/s1. The SMILES string of the molecule is CCCCC[C@H](O[Si](C)(C)C(C)(C)C)[C@@H](/C=C\C=C\CC#C[Si](C)(C)C)O[Si](C)(C)C(C)(C)C. The van der Waals surface area contributed by atoms with Crippen molar-refractivity contribution in [2.75, 3.05) is 0 Å². The van der Waals surface area contributed by atoms with E-state index in [2.05, 4.69) is 130 Å². The summed E-state index contributed by atoms with van der Waals surface area (Å²) in [6.45, 7) is 32.5. The van der Waals surface area contributed by atoms with Gasteiger partial charge in [0.2, 0.25) is 0 Å². The third-order valence-corrected chi connectivity index (χ3v) is 17.1. The van der Waals surface area contributed by atoms with Crippen LogP contribution >= 0.6 is 0 Å². The van der Waals surface area contributed by atoms with Crippen molar-refractivity contribution in [2.24, 2.45) is 0 Å². The Morgan fingerprint density at radius 3 is 1.76 bits per heavy atom. The molecule has 0 unspecified atom stereocenters. The van der Waals surface area contributed by atoms with Crippen molar-refractivity contribution in [3.63, 3.8) is 0 Å². The Labute approximate surface area is 217 Å². The minimum absolute atomic E-state index is 0.0235. The Balaban J connectivity index is 5.93. The van der Waals surface area contributed by atoms with Crippen LogP contribution in [0, 0.1) is 11.5 Å². The summed E-state index contributed by atoms with van der Waals surface area (Å²) < 4.78 is 14.1. The third kappa shape index (κ3) is 13.1. The van der Waals surface area contributed by atoms with Crippen LogP contribution in [0.25, 0.3) is 0 Å². The Morgan fingerprint density at radius 2 is 1.29 bits per heavy atom. The average molecular weight is 523 g/mol. The lowest BCUT2D eigenvalue weighted by atomic mass is 10.1. The number of hydrogen-bond acceptors (Lipinski definition) is 2. The minimum atomic E-state index is -1.96. The second kappa shape index (κ2) is 13.8. The molecule has 0 spiro atoms.